The number of rotatable bonds is 6. The van der Waals surface area contributed by atoms with Gasteiger partial charge in [-0.05, 0) is 16.8 Å². The molecule has 0 amide bonds. The van der Waals surface area contributed by atoms with Gasteiger partial charge in [-0.1, -0.05) is 48.5 Å². The van der Waals surface area contributed by atoms with Crippen LogP contribution in [0.5, 0.6) is 5.75 Å². The Hall–Kier alpha value is -2.25. The SMILES string of the molecule is CS(C)(Oc1c2ccccc2cc2ccccc12)OS(=O)(=O)C(F)(F)C(F)(F)C(F)(F)F. The Morgan fingerprint density at radius 3 is 1.62 bits per heavy atom. The molecule has 0 aliphatic rings. The van der Waals surface area contributed by atoms with Crippen molar-refractivity contribution >= 4 is 42.3 Å². The molecule has 3 rings (SSSR count). The number of alkyl halides is 7. The van der Waals surface area contributed by atoms with Crippen LogP contribution >= 0.6 is 10.6 Å². The molecule has 0 N–H and O–H groups in total. The third-order valence-corrected chi connectivity index (χ3v) is 7.77. The Bertz CT molecular complexity index is 1220. The monoisotopic (exact) mass is 504 g/mol. The minimum absolute atomic E-state index is 0.000187. The van der Waals surface area contributed by atoms with Crippen LogP contribution in [0.4, 0.5) is 30.7 Å². The lowest BCUT2D eigenvalue weighted by atomic mass is 10.0. The fraction of sp³-hybridized carbons (Fsp3) is 0.263. The average molecular weight is 504 g/mol. The van der Waals surface area contributed by atoms with Crippen LogP contribution in [-0.2, 0) is 13.7 Å². The number of hydrogen-bond donors (Lipinski definition) is 0. The van der Waals surface area contributed by atoms with E-state index in [9.17, 15) is 39.2 Å². The van der Waals surface area contributed by atoms with E-state index in [0.717, 1.165) is 12.5 Å². The normalized spacial score (nSPS) is 14.7. The highest BCUT2D eigenvalue weighted by atomic mass is 32.3. The lowest BCUT2D eigenvalue weighted by molar-refractivity contribution is -0.333. The predicted octanol–water partition coefficient (Wildman–Crippen LogP) is 6.40. The van der Waals surface area contributed by atoms with E-state index >= 15 is 0 Å². The molecule has 0 atom stereocenters. The smallest absolute Gasteiger partial charge is 0.390 e. The van der Waals surface area contributed by atoms with Crippen molar-refractivity contribution in [1.29, 1.82) is 0 Å². The number of hydrogen-bond acceptors (Lipinski definition) is 4. The molecule has 0 radical (unpaired) electrons. The van der Waals surface area contributed by atoms with E-state index in [1.54, 1.807) is 54.6 Å². The zero-order chi connectivity index (χ0) is 24.2. The van der Waals surface area contributed by atoms with E-state index in [4.69, 9.17) is 4.18 Å². The second-order valence-electron chi connectivity index (χ2n) is 6.99. The lowest BCUT2D eigenvalue weighted by Gasteiger charge is -2.37. The molecule has 32 heavy (non-hydrogen) atoms. The van der Waals surface area contributed by atoms with Crippen LogP contribution in [0.15, 0.2) is 54.6 Å². The number of fused-ring (bicyclic) bond motifs is 2. The quantitative estimate of drug-likeness (QED) is 0.288. The van der Waals surface area contributed by atoms with Gasteiger partial charge in [0.1, 0.15) is 0 Å². The third kappa shape index (κ3) is 4.08. The Morgan fingerprint density at radius 2 is 1.19 bits per heavy atom. The first kappa shape index (κ1) is 24.4. The molecule has 0 fully saturated rings. The van der Waals surface area contributed by atoms with Gasteiger partial charge in [0, 0.05) is 23.3 Å². The minimum atomic E-state index is -6.89. The molecule has 0 heterocycles. The summed E-state index contributed by atoms with van der Waals surface area (Å²) in [6.07, 6.45) is -5.08. The van der Waals surface area contributed by atoms with Crippen LogP contribution < -0.4 is 4.18 Å². The summed E-state index contributed by atoms with van der Waals surface area (Å²) in [6.45, 7) is 0. The van der Waals surface area contributed by atoms with Gasteiger partial charge in [-0.15, -0.1) is 14.2 Å². The first-order valence-electron chi connectivity index (χ1n) is 8.61. The molecule has 3 aromatic carbocycles. The van der Waals surface area contributed by atoms with Gasteiger partial charge in [0.15, 0.2) is 5.75 Å². The number of benzene rings is 3. The zero-order valence-corrected chi connectivity index (χ0v) is 17.9. The summed E-state index contributed by atoms with van der Waals surface area (Å²) in [4.78, 5) is 0. The molecule has 0 saturated heterocycles. The first-order valence-corrected chi connectivity index (χ1v) is 12.3. The molecule has 0 aliphatic carbocycles. The summed E-state index contributed by atoms with van der Waals surface area (Å²) in [5, 5.41) is -4.52. The van der Waals surface area contributed by atoms with Gasteiger partial charge in [-0.25, -0.2) is 0 Å². The minimum Gasteiger partial charge on any atom is -0.390 e. The van der Waals surface area contributed by atoms with Gasteiger partial charge in [0.25, 0.3) is 0 Å². The van der Waals surface area contributed by atoms with Gasteiger partial charge in [0.05, 0.1) is 0 Å². The van der Waals surface area contributed by atoms with Crippen molar-refractivity contribution in [1.82, 2.24) is 0 Å². The Balaban J connectivity index is 2.06. The van der Waals surface area contributed by atoms with Gasteiger partial charge < -0.3 is 4.18 Å². The van der Waals surface area contributed by atoms with Crippen molar-refractivity contribution in [3.63, 3.8) is 0 Å². The van der Waals surface area contributed by atoms with E-state index in [1.165, 1.54) is 0 Å². The molecule has 0 aliphatic heterocycles. The standard InChI is InChI=1S/C19H15F7O4S2/c1-31(2,30-32(27,28)19(25,26)17(20,21)18(22,23)24)29-16-14-9-5-3-7-12(14)11-13-8-4-6-10-15(13)16/h3-11H,1-2H3. The van der Waals surface area contributed by atoms with Crippen molar-refractivity contribution in [2.45, 2.75) is 17.4 Å². The van der Waals surface area contributed by atoms with Crippen LogP contribution in [0.25, 0.3) is 21.5 Å². The van der Waals surface area contributed by atoms with Crippen molar-refractivity contribution in [3.05, 3.63) is 54.6 Å². The van der Waals surface area contributed by atoms with Crippen LogP contribution in [-0.4, -0.2) is 38.3 Å². The van der Waals surface area contributed by atoms with Gasteiger partial charge >= 0.3 is 27.5 Å². The molecule has 176 valence electrons. The molecule has 13 heteroatoms. The summed E-state index contributed by atoms with van der Waals surface area (Å²) in [7, 11) is -10.4. The highest BCUT2D eigenvalue weighted by molar-refractivity contribution is 8.28. The van der Waals surface area contributed by atoms with Crippen LogP contribution in [0.2, 0.25) is 0 Å². The van der Waals surface area contributed by atoms with Crippen molar-refractivity contribution in [2.24, 2.45) is 0 Å². The third-order valence-electron chi connectivity index (χ3n) is 4.29. The molecular weight excluding hydrogens is 489 g/mol. The molecule has 0 unspecified atom stereocenters. The second-order valence-corrected chi connectivity index (χ2v) is 11.4. The molecule has 4 nitrogen and oxygen atoms in total. The Labute approximate surface area is 179 Å². The van der Waals surface area contributed by atoms with E-state index < -0.39 is 38.1 Å². The van der Waals surface area contributed by atoms with Gasteiger partial charge in [0.2, 0.25) is 0 Å². The summed E-state index contributed by atoms with van der Waals surface area (Å²) >= 11 is 0. The average Bonchev–Trinajstić information content (AvgIpc) is 2.65. The van der Waals surface area contributed by atoms with E-state index in [1.807, 2.05) is 0 Å². The van der Waals surface area contributed by atoms with Crippen LogP contribution in [0, 0.1) is 0 Å². The first-order chi connectivity index (χ1) is 14.5. The molecule has 0 bridgehead atoms. The van der Waals surface area contributed by atoms with E-state index in [0.29, 0.717) is 21.5 Å². The maximum Gasteiger partial charge on any atom is 0.461 e. The van der Waals surface area contributed by atoms with Crippen LogP contribution in [0.1, 0.15) is 0 Å². The van der Waals surface area contributed by atoms with E-state index in [2.05, 4.69) is 3.63 Å². The Kier molecular flexibility index (Phi) is 5.84. The largest absolute Gasteiger partial charge is 0.461 e. The fourth-order valence-electron chi connectivity index (χ4n) is 2.86. The maximum absolute atomic E-state index is 13.8. The summed E-state index contributed by atoms with van der Waals surface area (Å²) in [6, 6.07) is 14.9. The van der Waals surface area contributed by atoms with Crippen molar-refractivity contribution in [3.8, 4) is 5.75 Å². The summed E-state index contributed by atoms with van der Waals surface area (Å²) in [5.74, 6) is -6.89. The molecule has 3 aromatic rings. The predicted molar refractivity (Wildman–Crippen MR) is 107 cm³/mol. The summed E-state index contributed by atoms with van der Waals surface area (Å²) in [5.41, 5.74) is 0. The van der Waals surface area contributed by atoms with Crippen molar-refractivity contribution < 1.29 is 47.0 Å². The van der Waals surface area contributed by atoms with Gasteiger partial charge in [-0.3, -0.25) is 0 Å². The van der Waals surface area contributed by atoms with Crippen LogP contribution in [0.3, 0.4) is 0 Å². The highest BCUT2D eigenvalue weighted by Crippen LogP contribution is 2.55. The lowest BCUT2D eigenvalue weighted by Crippen LogP contribution is -2.56. The molecule has 0 saturated carbocycles. The molecule has 0 spiro atoms. The summed E-state index contributed by atoms with van der Waals surface area (Å²) < 4.78 is 125. The maximum atomic E-state index is 13.8. The topological polar surface area (TPSA) is 52.6 Å². The second kappa shape index (κ2) is 7.66. The number of halogens is 7. The van der Waals surface area contributed by atoms with Crippen molar-refractivity contribution in [2.75, 3.05) is 12.5 Å². The van der Waals surface area contributed by atoms with Gasteiger partial charge in [-0.2, -0.15) is 39.2 Å². The zero-order valence-electron chi connectivity index (χ0n) is 16.3. The fourth-order valence-corrected chi connectivity index (χ4v) is 6.05. The molecule has 0 aromatic heterocycles. The Morgan fingerprint density at radius 1 is 0.750 bits per heavy atom. The molecular formula is C19H15F7O4S2. The highest BCUT2D eigenvalue weighted by Gasteiger charge is 2.79. The van der Waals surface area contributed by atoms with E-state index in [-0.39, 0.29) is 5.75 Å².